The van der Waals surface area contributed by atoms with Gasteiger partial charge in [-0.25, -0.2) is 0 Å². The standard InChI is InChI=1S/C14H17ClOS/c1-10-9-11(15)5-4-8-17-13-7-3-2-6-12(13)14(10)16/h2-3,6-7,10-11H,4-5,8-9H2,1H3. The Morgan fingerprint density at radius 3 is 2.94 bits per heavy atom. The van der Waals surface area contributed by atoms with Crippen LogP contribution in [-0.2, 0) is 0 Å². The molecule has 0 radical (unpaired) electrons. The quantitative estimate of drug-likeness (QED) is 0.649. The summed E-state index contributed by atoms with van der Waals surface area (Å²) < 4.78 is 0. The van der Waals surface area contributed by atoms with Gasteiger partial charge in [0.05, 0.1) is 0 Å². The van der Waals surface area contributed by atoms with Crippen LogP contribution in [0.1, 0.15) is 36.5 Å². The Hall–Kier alpha value is -0.470. The Kier molecular flexibility index (Phi) is 4.52. The summed E-state index contributed by atoms with van der Waals surface area (Å²) in [5, 5.41) is 0.139. The lowest BCUT2D eigenvalue weighted by Gasteiger charge is -2.18. The van der Waals surface area contributed by atoms with Crippen LogP contribution < -0.4 is 0 Å². The van der Waals surface area contributed by atoms with Crippen molar-refractivity contribution in [2.75, 3.05) is 5.75 Å². The lowest BCUT2D eigenvalue weighted by Crippen LogP contribution is -2.18. The highest BCUT2D eigenvalue weighted by molar-refractivity contribution is 7.99. The summed E-state index contributed by atoms with van der Waals surface area (Å²) in [6.45, 7) is 1.99. The Morgan fingerprint density at radius 2 is 2.12 bits per heavy atom. The average molecular weight is 269 g/mol. The molecule has 92 valence electrons. The van der Waals surface area contributed by atoms with Gasteiger partial charge in [0.2, 0.25) is 0 Å². The summed E-state index contributed by atoms with van der Waals surface area (Å²) in [5.74, 6) is 1.31. The van der Waals surface area contributed by atoms with Crippen LogP contribution in [0.2, 0.25) is 0 Å². The molecule has 17 heavy (non-hydrogen) atoms. The van der Waals surface area contributed by atoms with Gasteiger partial charge in [0.1, 0.15) is 0 Å². The molecule has 0 amide bonds. The number of rotatable bonds is 0. The van der Waals surface area contributed by atoms with E-state index in [4.69, 9.17) is 11.6 Å². The number of carbonyl (C=O) groups excluding carboxylic acids is 1. The molecule has 1 aliphatic rings. The van der Waals surface area contributed by atoms with E-state index in [2.05, 4.69) is 0 Å². The first-order valence-corrected chi connectivity index (χ1v) is 7.51. The van der Waals surface area contributed by atoms with Crippen molar-refractivity contribution in [1.29, 1.82) is 0 Å². The van der Waals surface area contributed by atoms with Gasteiger partial charge < -0.3 is 0 Å². The molecule has 0 saturated carbocycles. The third-order valence-electron chi connectivity index (χ3n) is 3.13. The predicted octanol–water partition coefficient (Wildman–Crippen LogP) is 4.39. The molecule has 2 atom stereocenters. The number of thioether (sulfide) groups is 1. The van der Waals surface area contributed by atoms with Gasteiger partial charge in [-0.1, -0.05) is 25.1 Å². The second-order valence-electron chi connectivity index (χ2n) is 4.59. The van der Waals surface area contributed by atoms with Crippen LogP contribution in [0.25, 0.3) is 0 Å². The van der Waals surface area contributed by atoms with Crippen molar-refractivity contribution in [3.8, 4) is 0 Å². The third-order valence-corrected chi connectivity index (χ3v) is 4.68. The van der Waals surface area contributed by atoms with Gasteiger partial charge in [-0.2, -0.15) is 0 Å². The number of benzene rings is 1. The van der Waals surface area contributed by atoms with Crippen molar-refractivity contribution in [1.82, 2.24) is 0 Å². The molecule has 0 saturated heterocycles. The molecule has 2 unspecified atom stereocenters. The summed E-state index contributed by atoms with van der Waals surface area (Å²) in [4.78, 5) is 13.5. The van der Waals surface area contributed by atoms with E-state index in [1.807, 2.05) is 31.2 Å². The fourth-order valence-corrected chi connectivity index (χ4v) is 3.61. The SMILES string of the molecule is CC1CC(Cl)CCCSc2ccccc2C1=O. The molecule has 0 aromatic heterocycles. The van der Waals surface area contributed by atoms with Gasteiger partial charge in [0.25, 0.3) is 0 Å². The number of ketones is 1. The van der Waals surface area contributed by atoms with E-state index < -0.39 is 0 Å². The monoisotopic (exact) mass is 268 g/mol. The Morgan fingerprint density at radius 1 is 1.35 bits per heavy atom. The molecular formula is C14H17ClOS. The smallest absolute Gasteiger partial charge is 0.166 e. The van der Waals surface area contributed by atoms with Crippen LogP contribution in [0.15, 0.2) is 29.2 Å². The zero-order valence-electron chi connectivity index (χ0n) is 9.99. The minimum atomic E-state index is 0.0253. The fraction of sp³-hybridized carbons (Fsp3) is 0.500. The maximum atomic E-state index is 12.3. The number of fused-ring (bicyclic) bond motifs is 1. The van der Waals surface area contributed by atoms with Crippen molar-refractivity contribution >= 4 is 29.1 Å². The van der Waals surface area contributed by atoms with E-state index in [1.165, 1.54) is 0 Å². The molecule has 2 rings (SSSR count). The molecule has 1 aromatic carbocycles. The highest BCUT2D eigenvalue weighted by Gasteiger charge is 2.22. The molecular weight excluding hydrogens is 252 g/mol. The second kappa shape index (κ2) is 5.92. The number of carbonyl (C=O) groups is 1. The first-order chi connectivity index (χ1) is 8.18. The van der Waals surface area contributed by atoms with E-state index in [0.717, 1.165) is 35.5 Å². The van der Waals surface area contributed by atoms with Gasteiger partial charge >= 0.3 is 0 Å². The van der Waals surface area contributed by atoms with Crippen LogP contribution in [0.3, 0.4) is 0 Å². The molecule has 1 aliphatic heterocycles. The highest BCUT2D eigenvalue weighted by atomic mass is 35.5. The van der Waals surface area contributed by atoms with Crippen molar-refractivity contribution in [3.63, 3.8) is 0 Å². The summed E-state index contributed by atoms with van der Waals surface area (Å²) in [6, 6.07) is 7.92. The molecule has 0 N–H and O–H groups in total. The van der Waals surface area contributed by atoms with Crippen molar-refractivity contribution in [2.24, 2.45) is 5.92 Å². The number of halogens is 1. The summed E-state index contributed by atoms with van der Waals surface area (Å²) >= 11 is 8.02. The first kappa shape index (κ1) is 13.0. The number of Topliss-reactive ketones (excluding diaryl/α,β-unsaturated/α-hetero) is 1. The molecule has 1 heterocycles. The zero-order valence-corrected chi connectivity index (χ0v) is 11.6. The minimum Gasteiger partial charge on any atom is -0.294 e. The van der Waals surface area contributed by atoms with Gasteiger partial charge in [0, 0.05) is 21.8 Å². The first-order valence-electron chi connectivity index (χ1n) is 6.08. The molecule has 3 heteroatoms. The van der Waals surface area contributed by atoms with E-state index in [9.17, 15) is 4.79 Å². The topological polar surface area (TPSA) is 17.1 Å². The van der Waals surface area contributed by atoms with Crippen LogP contribution in [0.5, 0.6) is 0 Å². The maximum Gasteiger partial charge on any atom is 0.166 e. The fourth-order valence-electron chi connectivity index (χ4n) is 2.16. The van der Waals surface area contributed by atoms with Crippen LogP contribution in [-0.4, -0.2) is 16.9 Å². The van der Waals surface area contributed by atoms with Gasteiger partial charge in [0.15, 0.2) is 5.78 Å². The lowest BCUT2D eigenvalue weighted by atomic mass is 9.94. The molecule has 0 bridgehead atoms. The van der Waals surface area contributed by atoms with Crippen molar-refractivity contribution in [3.05, 3.63) is 29.8 Å². The van der Waals surface area contributed by atoms with Crippen LogP contribution >= 0.6 is 23.4 Å². The van der Waals surface area contributed by atoms with Crippen LogP contribution in [0.4, 0.5) is 0 Å². The summed E-state index contributed by atoms with van der Waals surface area (Å²) in [7, 11) is 0. The maximum absolute atomic E-state index is 12.3. The number of hydrogen-bond donors (Lipinski definition) is 0. The average Bonchev–Trinajstić information content (AvgIpc) is 2.33. The Bertz CT molecular complexity index is 405. The zero-order chi connectivity index (χ0) is 12.3. The molecule has 0 aliphatic carbocycles. The number of hydrogen-bond acceptors (Lipinski definition) is 2. The van der Waals surface area contributed by atoms with Gasteiger partial charge in [-0.05, 0) is 31.1 Å². The minimum absolute atomic E-state index is 0.0253. The summed E-state index contributed by atoms with van der Waals surface area (Å²) in [6.07, 6.45) is 2.92. The predicted molar refractivity (Wildman–Crippen MR) is 74.2 cm³/mol. The van der Waals surface area contributed by atoms with E-state index in [0.29, 0.717) is 0 Å². The molecule has 0 fully saturated rings. The largest absolute Gasteiger partial charge is 0.294 e. The summed E-state index contributed by atoms with van der Waals surface area (Å²) in [5.41, 5.74) is 0.871. The van der Waals surface area contributed by atoms with E-state index in [1.54, 1.807) is 11.8 Å². The normalized spacial score (nSPS) is 26.4. The van der Waals surface area contributed by atoms with Crippen molar-refractivity contribution in [2.45, 2.75) is 36.5 Å². The Balaban J connectivity index is 2.29. The molecule has 0 spiro atoms. The lowest BCUT2D eigenvalue weighted by molar-refractivity contribution is 0.0919. The van der Waals surface area contributed by atoms with Crippen molar-refractivity contribution < 1.29 is 4.79 Å². The van der Waals surface area contributed by atoms with E-state index >= 15 is 0 Å². The second-order valence-corrected chi connectivity index (χ2v) is 6.34. The van der Waals surface area contributed by atoms with E-state index in [-0.39, 0.29) is 17.1 Å². The molecule has 1 nitrogen and oxygen atoms in total. The number of alkyl halides is 1. The van der Waals surface area contributed by atoms with Gasteiger partial charge in [-0.15, -0.1) is 23.4 Å². The third kappa shape index (κ3) is 3.26. The van der Waals surface area contributed by atoms with Gasteiger partial charge in [-0.3, -0.25) is 4.79 Å². The highest BCUT2D eigenvalue weighted by Crippen LogP contribution is 2.30. The Labute approximate surface area is 112 Å². The van der Waals surface area contributed by atoms with Crippen LogP contribution in [0, 0.1) is 5.92 Å². The molecule has 1 aromatic rings.